The summed E-state index contributed by atoms with van der Waals surface area (Å²) in [5.41, 5.74) is 7.49. The number of carbonyl (C=O) groups is 3. The molecular formula is C42H33Br2N3O4. The van der Waals surface area contributed by atoms with Crippen LogP contribution in [0.15, 0.2) is 130 Å². The lowest BCUT2D eigenvalue weighted by Gasteiger charge is -2.44. The Bertz CT molecular complexity index is 2120. The Kier molecular flexibility index (Phi) is 9.08. The molecule has 8 rings (SSSR count). The van der Waals surface area contributed by atoms with Gasteiger partial charge in [0.15, 0.2) is 0 Å². The zero-order valence-electron chi connectivity index (χ0n) is 27.5. The first-order chi connectivity index (χ1) is 24.8. The van der Waals surface area contributed by atoms with Crippen LogP contribution in [0.5, 0.6) is 5.75 Å². The SMILES string of the molecule is O=C1NC(=O)N(c2cc3c4c(c2)[C@H](c2ccccc2)CCN4CC[C@@H]3c2ccccc2)C(=O)/C1=C/c1cc(Br)ccc1OCc1ccc(Br)cc1. The van der Waals surface area contributed by atoms with Crippen molar-refractivity contribution in [3.63, 3.8) is 0 Å². The van der Waals surface area contributed by atoms with E-state index in [-0.39, 0.29) is 24.0 Å². The summed E-state index contributed by atoms with van der Waals surface area (Å²) in [5, 5.41) is 2.44. The van der Waals surface area contributed by atoms with Gasteiger partial charge in [-0.2, -0.15) is 0 Å². The molecule has 0 bridgehead atoms. The maximum Gasteiger partial charge on any atom is 0.335 e. The number of anilines is 2. The number of benzene rings is 5. The molecule has 51 heavy (non-hydrogen) atoms. The average molecular weight is 804 g/mol. The Morgan fingerprint density at radius 3 is 1.92 bits per heavy atom. The molecule has 5 aromatic rings. The number of barbiturate groups is 1. The number of halogens is 2. The van der Waals surface area contributed by atoms with Crippen molar-refractivity contribution in [2.45, 2.75) is 31.3 Å². The van der Waals surface area contributed by atoms with Crippen molar-refractivity contribution in [2.24, 2.45) is 0 Å². The van der Waals surface area contributed by atoms with Crippen molar-refractivity contribution in [1.29, 1.82) is 0 Å². The maximum atomic E-state index is 14.4. The van der Waals surface area contributed by atoms with Gasteiger partial charge >= 0.3 is 6.03 Å². The molecule has 0 unspecified atom stereocenters. The van der Waals surface area contributed by atoms with Crippen LogP contribution in [-0.4, -0.2) is 30.9 Å². The van der Waals surface area contributed by atoms with E-state index in [1.54, 1.807) is 12.1 Å². The van der Waals surface area contributed by atoms with E-state index in [1.807, 2.05) is 78.9 Å². The van der Waals surface area contributed by atoms with Gasteiger partial charge in [0.05, 0.1) is 5.69 Å². The molecule has 3 aliphatic heterocycles. The predicted molar refractivity (Wildman–Crippen MR) is 206 cm³/mol. The number of imide groups is 2. The van der Waals surface area contributed by atoms with E-state index < -0.39 is 17.8 Å². The normalized spacial score (nSPS) is 19.2. The third-order valence-corrected chi connectivity index (χ3v) is 11.0. The van der Waals surface area contributed by atoms with Crippen LogP contribution in [0, 0.1) is 0 Å². The Labute approximate surface area is 313 Å². The Morgan fingerprint density at radius 1 is 0.725 bits per heavy atom. The van der Waals surface area contributed by atoms with E-state index in [9.17, 15) is 14.4 Å². The molecular weight excluding hydrogens is 770 g/mol. The summed E-state index contributed by atoms with van der Waals surface area (Å²) in [7, 11) is 0. The Hall–Kier alpha value is -4.99. The van der Waals surface area contributed by atoms with Gasteiger partial charge < -0.3 is 9.64 Å². The molecule has 0 saturated carbocycles. The van der Waals surface area contributed by atoms with E-state index in [0.717, 1.165) is 56.5 Å². The molecule has 0 radical (unpaired) electrons. The van der Waals surface area contributed by atoms with Gasteiger partial charge in [-0.3, -0.25) is 14.9 Å². The maximum absolute atomic E-state index is 14.4. The smallest absolute Gasteiger partial charge is 0.335 e. The van der Waals surface area contributed by atoms with Gasteiger partial charge in [0, 0.05) is 45.1 Å². The first-order valence-electron chi connectivity index (χ1n) is 16.9. The largest absolute Gasteiger partial charge is 0.488 e. The number of nitrogens with zero attached hydrogens (tertiary/aromatic N) is 2. The van der Waals surface area contributed by atoms with E-state index in [1.165, 1.54) is 22.9 Å². The first kappa shape index (κ1) is 33.2. The number of urea groups is 1. The van der Waals surface area contributed by atoms with Crippen LogP contribution in [0.25, 0.3) is 6.08 Å². The summed E-state index contributed by atoms with van der Waals surface area (Å²) in [6.07, 6.45) is 3.32. The molecule has 0 spiro atoms. The highest BCUT2D eigenvalue weighted by Gasteiger charge is 2.40. The lowest BCUT2D eigenvalue weighted by Crippen LogP contribution is -2.54. The second-order valence-corrected chi connectivity index (χ2v) is 14.9. The molecule has 3 heterocycles. The van der Waals surface area contributed by atoms with Crippen molar-refractivity contribution < 1.29 is 19.1 Å². The van der Waals surface area contributed by atoms with E-state index in [0.29, 0.717) is 17.0 Å². The highest BCUT2D eigenvalue weighted by atomic mass is 79.9. The van der Waals surface area contributed by atoms with Gasteiger partial charge in [-0.15, -0.1) is 0 Å². The zero-order valence-corrected chi connectivity index (χ0v) is 30.7. The molecule has 5 aromatic carbocycles. The Balaban J connectivity index is 1.21. The molecule has 3 aliphatic rings. The summed E-state index contributed by atoms with van der Waals surface area (Å²) >= 11 is 6.98. The first-order valence-corrected chi connectivity index (χ1v) is 18.5. The van der Waals surface area contributed by atoms with Crippen LogP contribution in [-0.2, 0) is 16.2 Å². The summed E-state index contributed by atoms with van der Waals surface area (Å²) in [6, 6.07) is 37.2. The summed E-state index contributed by atoms with van der Waals surface area (Å²) in [4.78, 5) is 45.0. The molecule has 9 heteroatoms. The molecule has 1 saturated heterocycles. The molecule has 1 N–H and O–H groups in total. The zero-order chi connectivity index (χ0) is 35.1. The van der Waals surface area contributed by atoms with E-state index >= 15 is 0 Å². The van der Waals surface area contributed by atoms with Gasteiger partial charge in [0.1, 0.15) is 17.9 Å². The summed E-state index contributed by atoms with van der Waals surface area (Å²) < 4.78 is 7.89. The van der Waals surface area contributed by atoms with Crippen molar-refractivity contribution in [2.75, 3.05) is 22.9 Å². The van der Waals surface area contributed by atoms with Gasteiger partial charge in [-0.25, -0.2) is 9.69 Å². The lowest BCUT2D eigenvalue weighted by molar-refractivity contribution is -0.122. The van der Waals surface area contributed by atoms with Crippen molar-refractivity contribution in [3.05, 3.63) is 163 Å². The molecule has 1 fully saturated rings. The lowest BCUT2D eigenvalue weighted by atomic mass is 9.76. The summed E-state index contributed by atoms with van der Waals surface area (Å²) in [6.45, 7) is 2.13. The highest BCUT2D eigenvalue weighted by molar-refractivity contribution is 9.10. The predicted octanol–water partition coefficient (Wildman–Crippen LogP) is 9.33. The third kappa shape index (κ3) is 6.52. The number of nitrogens with one attached hydrogen (secondary N) is 1. The van der Waals surface area contributed by atoms with Crippen LogP contribution in [0.1, 0.15) is 58.1 Å². The number of ether oxygens (including phenoxy) is 1. The standard InChI is InChI=1S/C42H33Br2N3O4/c43-30-13-11-26(12-14-30)25-51-38-16-15-31(44)21-29(38)22-37-40(48)45-42(50)47(41(37)49)32-23-35-33(27-7-3-1-4-8-27)17-19-46-20-18-34(36(24-32)39(35)46)28-9-5-2-6-10-28/h1-16,21-24,33-34H,17-20,25H2,(H,45,48,50)/b37-22+/t33-,34+. The average Bonchev–Trinajstić information content (AvgIpc) is 3.14. The fourth-order valence-corrected chi connectivity index (χ4v) is 8.16. The number of rotatable bonds is 7. The quantitative estimate of drug-likeness (QED) is 0.131. The van der Waals surface area contributed by atoms with Crippen molar-refractivity contribution >= 4 is 67.2 Å². The number of amides is 4. The van der Waals surface area contributed by atoms with Crippen LogP contribution in [0.4, 0.5) is 16.2 Å². The fraction of sp³-hybridized carbons (Fsp3) is 0.167. The minimum atomic E-state index is -0.772. The van der Waals surface area contributed by atoms with Gasteiger partial charge in [-0.05, 0) is 89.2 Å². The number of hydrogen-bond acceptors (Lipinski definition) is 5. The number of hydrogen-bond donors (Lipinski definition) is 1. The molecule has 254 valence electrons. The van der Waals surface area contributed by atoms with Crippen LogP contribution in [0.3, 0.4) is 0 Å². The van der Waals surface area contributed by atoms with Crippen molar-refractivity contribution in [3.8, 4) is 5.75 Å². The van der Waals surface area contributed by atoms with E-state index in [2.05, 4.69) is 66.3 Å². The van der Waals surface area contributed by atoms with Crippen LogP contribution in [0.2, 0.25) is 0 Å². The van der Waals surface area contributed by atoms with Crippen LogP contribution < -0.4 is 19.9 Å². The molecule has 0 aliphatic carbocycles. The Morgan fingerprint density at radius 2 is 1.31 bits per heavy atom. The molecule has 4 amide bonds. The second-order valence-electron chi connectivity index (χ2n) is 13.0. The van der Waals surface area contributed by atoms with Gasteiger partial charge in [0.2, 0.25) is 0 Å². The minimum absolute atomic E-state index is 0.0809. The molecule has 7 nitrogen and oxygen atoms in total. The van der Waals surface area contributed by atoms with Gasteiger partial charge in [0.25, 0.3) is 11.8 Å². The van der Waals surface area contributed by atoms with Gasteiger partial charge in [-0.1, -0.05) is 105 Å². The molecule has 0 aromatic heterocycles. The fourth-order valence-electron chi connectivity index (χ4n) is 7.52. The summed E-state index contributed by atoms with van der Waals surface area (Å²) in [5.74, 6) is -0.789. The minimum Gasteiger partial charge on any atom is -0.488 e. The van der Waals surface area contributed by atoms with E-state index in [4.69, 9.17) is 4.74 Å². The number of carbonyl (C=O) groups excluding carboxylic acids is 3. The third-order valence-electron chi connectivity index (χ3n) is 9.94. The molecule has 2 atom stereocenters. The monoisotopic (exact) mass is 801 g/mol. The van der Waals surface area contributed by atoms with Crippen LogP contribution >= 0.6 is 31.9 Å². The highest BCUT2D eigenvalue weighted by Crippen LogP contribution is 2.50. The second kappa shape index (κ2) is 14.0. The van der Waals surface area contributed by atoms with Crippen molar-refractivity contribution in [1.82, 2.24) is 5.32 Å². The topological polar surface area (TPSA) is 79.0 Å².